The van der Waals surface area contributed by atoms with Crippen molar-refractivity contribution < 1.29 is 0 Å². The third-order valence-corrected chi connectivity index (χ3v) is 4.19. The molecule has 0 aliphatic rings. The Bertz CT molecular complexity index is 894. The second-order valence-electron chi connectivity index (χ2n) is 5.51. The van der Waals surface area contributed by atoms with Crippen LogP contribution in [0, 0.1) is 6.92 Å². The fourth-order valence-electron chi connectivity index (χ4n) is 3.16. The van der Waals surface area contributed by atoms with Gasteiger partial charge in [-0.05, 0) is 51.2 Å². The van der Waals surface area contributed by atoms with Gasteiger partial charge in [0.2, 0.25) is 0 Å². The summed E-state index contributed by atoms with van der Waals surface area (Å²) in [6.45, 7) is 2.19. The van der Waals surface area contributed by atoms with Crippen LogP contribution in [0.2, 0.25) is 0 Å². The summed E-state index contributed by atoms with van der Waals surface area (Å²) < 4.78 is 0. The van der Waals surface area contributed by atoms with Crippen LogP contribution in [0.1, 0.15) is 5.56 Å². The van der Waals surface area contributed by atoms with Crippen LogP contribution in [0.3, 0.4) is 0 Å². The normalized spacial score (nSPS) is 11.1. The zero-order valence-electron chi connectivity index (χ0n) is 12.0. The van der Waals surface area contributed by atoms with Crippen LogP contribution in [-0.2, 0) is 0 Å². The molecule has 0 aromatic heterocycles. The molecule has 0 aliphatic carbocycles. The lowest BCUT2D eigenvalue weighted by molar-refractivity contribution is 1.47. The first-order valence-electron chi connectivity index (χ1n) is 7.31. The minimum absolute atomic E-state index is 1.30. The van der Waals surface area contributed by atoms with Crippen LogP contribution in [0.5, 0.6) is 0 Å². The molecule has 0 heteroatoms. The molecule has 0 saturated carbocycles. The quantitative estimate of drug-likeness (QED) is 0.373. The Morgan fingerprint density at radius 1 is 0.571 bits per heavy atom. The molecule has 0 atom stereocenters. The van der Waals surface area contributed by atoms with E-state index in [0.29, 0.717) is 0 Å². The third-order valence-electron chi connectivity index (χ3n) is 4.19. The average molecular weight is 268 g/mol. The highest BCUT2D eigenvalue weighted by Gasteiger charge is 2.10. The fraction of sp³-hybridized carbons (Fsp3) is 0.0476. The van der Waals surface area contributed by atoms with Crippen molar-refractivity contribution >= 4 is 21.5 Å². The van der Waals surface area contributed by atoms with E-state index in [1.807, 2.05) is 0 Å². The second-order valence-corrected chi connectivity index (χ2v) is 5.51. The van der Waals surface area contributed by atoms with Crippen LogP contribution in [0.25, 0.3) is 32.7 Å². The Balaban J connectivity index is 2.25. The molecule has 0 radical (unpaired) electrons. The summed E-state index contributed by atoms with van der Waals surface area (Å²) in [6.07, 6.45) is 0. The van der Waals surface area contributed by atoms with Gasteiger partial charge in [-0.2, -0.15) is 0 Å². The second kappa shape index (κ2) is 4.75. The fourth-order valence-corrected chi connectivity index (χ4v) is 3.16. The van der Waals surface area contributed by atoms with Crippen LogP contribution >= 0.6 is 0 Å². The third kappa shape index (κ3) is 1.92. The molecule has 0 fully saturated rings. The van der Waals surface area contributed by atoms with Gasteiger partial charge in [0.15, 0.2) is 0 Å². The van der Waals surface area contributed by atoms with Crippen molar-refractivity contribution in [3.63, 3.8) is 0 Å². The Hall–Kier alpha value is -2.60. The summed E-state index contributed by atoms with van der Waals surface area (Å²) in [7, 11) is 0. The van der Waals surface area contributed by atoms with Gasteiger partial charge in [-0.3, -0.25) is 0 Å². The van der Waals surface area contributed by atoms with Gasteiger partial charge in [0, 0.05) is 0 Å². The van der Waals surface area contributed by atoms with Crippen molar-refractivity contribution in [2.45, 2.75) is 6.92 Å². The number of aryl methyl sites for hydroxylation is 1. The highest BCUT2D eigenvalue weighted by molar-refractivity contribution is 6.12. The van der Waals surface area contributed by atoms with Gasteiger partial charge >= 0.3 is 0 Å². The molecule has 0 unspecified atom stereocenters. The van der Waals surface area contributed by atoms with Crippen molar-refractivity contribution in [3.8, 4) is 11.1 Å². The minimum atomic E-state index is 1.30. The Morgan fingerprint density at radius 3 is 1.71 bits per heavy atom. The van der Waals surface area contributed by atoms with Crippen LogP contribution in [-0.4, -0.2) is 0 Å². The van der Waals surface area contributed by atoms with Gasteiger partial charge in [-0.25, -0.2) is 0 Å². The van der Waals surface area contributed by atoms with Crippen molar-refractivity contribution in [2.75, 3.05) is 0 Å². The van der Waals surface area contributed by atoms with E-state index in [2.05, 4.69) is 85.8 Å². The summed E-state index contributed by atoms with van der Waals surface area (Å²) in [5, 5.41) is 5.25. The molecule has 4 aromatic carbocycles. The first kappa shape index (κ1) is 12.2. The SMILES string of the molecule is Cc1ccccc1-c1c2ccccc2cc2ccccc12. The van der Waals surface area contributed by atoms with Crippen molar-refractivity contribution in [1.29, 1.82) is 0 Å². The molecular weight excluding hydrogens is 252 g/mol. The zero-order valence-corrected chi connectivity index (χ0v) is 12.0. The van der Waals surface area contributed by atoms with E-state index in [1.165, 1.54) is 38.2 Å². The van der Waals surface area contributed by atoms with Crippen LogP contribution in [0.4, 0.5) is 0 Å². The maximum Gasteiger partial charge on any atom is -0.00242 e. The highest BCUT2D eigenvalue weighted by atomic mass is 14.1. The number of hydrogen-bond donors (Lipinski definition) is 0. The van der Waals surface area contributed by atoms with Gasteiger partial charge in [0.1, 0.15) is 0 Å². The van der Waals surface area contributed by atoms with Crippen molar-refractivity contribution in [3.05, 3.63) is 84.4 Å². The molecule has 0 nitrogen and oxygen atoms in total. The van der Waals surface area contributed by atoms with Gasteiger partial charge < -0.3 is 0 Å². The molecule has 0 N–H and O–H groups in total. The molecule has 0 spiro atoms. The number of hydrogen-bond acceptors (Lipinski definition) is 0. The smallest absolute Gasteiger partial charge is 0.00242 e. The molecule has 4 rings (SSSR count). The lowest BCUT2D eigenvalue weighted by Gasteiger charge is -2.13. The monoisotopic (exact) mass is 268 g/mol. The number of fused-ring (bicyclic) bond motifs is 2. The Labute approximate surface area is 124 Å². The van der Waals surface area contributed by atoms with E-state index >= 15 is 0 Å². The average Bonchev–Trinajstić information content (AvgIpc) is 2.53. The molecule has 0 saturated heterocycles. The summed E-state index contributed by atoms with van der Waals surface area (Å²) in [4.78, 5) is 0. The van der Waals surface area contributed by atoms with Crippen molar-refractivity contribution in [1.82, 2.24) is 0 Å². The summed E-state index contributed by atoms with van der Waals surface area (Å²) in [5.74, 6) is 0. The molecule has 4 aromatic rings. The van der Waals surface area contributed by atoms with Crippen LogP contribution < -0.4 is 0 Å². The largest absolute Gasteiger partial charge is 0.0620 e. The highest BCUT2D eigenvalue weighted by Crippen LogP contribution is 2.37. The Kier molecular flexibility index (Phi) is 2.75. The topological polar surface area (TPSA) is 0 Å². The molecule has 0 amide bonds. The first-order valence-corrected chi connectivity index (χ1v) is 7.31. The molecule has 100 valence electrons. The predicted octanol–water partition coefficient (Wildman–Crippen LogP) is 5.97. The standard InChI is InChI=1S/C21H16/c1-15-8-2-5-11-18(15)21-19-12-6-3-9-16(19)14-17-10-4-7-13-20(17)21/h2-14H,1H3. The number of rotatable bonds is 1. The summed E-state index contributed by atoms with van der Waals surface area (Å²) >= 11 is 0. The lowest BCUT2D eigenvalue weighted by Crippen LogP contribution is -1.87. The van der Waals surface area contributed by atoms with Gasteiger partial charge in [0.05, 0.1) is 0 Å². The first-order chi connectivity index (χ1) is 10.3. The van der Waals surface area contributed by atoms with E-state index in [0.717, 1.165) is 0 Å². The van der Waals surface area contributed by atoms with Gasteiger partial charge in [-0.15, -0.1) is 0 Å². The maximum atomic E-state index is 2.28. The molecule has 0 heterocycles. The molecule has 0 bridgehead atoms. The summed E-state index contributed by atoms with van der Waals surface area (Å²) in [5.41, 5.74) is 3.99. The number of benzene rings is 4. The van der Waals surface area contributed by atoms with Gasteiger partial charge in [0.25, 0.3) is 0 Å². The predicted molar refractivity (Wildman–Crippen MR) is 91.6 cm³/mol. The van der Waals surface area contributed by atoms with Crippen LogP contribution in [0.15, 0.2) is 78.9 Å². The maximum absolute atomic E-state index is 2.28. The van der Waals surface area contributed by atoms with Crippen molar-refractivity contribution in [2.24, 2.45) is 0 Å². The van der Waals surface area contributed by atoms with E-state index < -0.39 is 0 Å². The van der Waals surface area contributed by atoms with E-state index in [-0.39, 0.29) is 0 Å². The van der Waals surface area contributed by atoms with E-state index in [1.54, 1.807) is 0 Å². The van der Waals surface area contributed by atoms with Gasteiger partial charge in [-0.1, -0.05) is 72.8 Å². The summed E-state index contributed by atoms with van der Waals surface area (Å²) in [6, 6.07) is 28.2. The van der Waals surface area contributed by atoms with E-state index in [4.69, 9.17) is 0 Å². The zero-order chi connectivity index (χ0) is 14.2. The minimum Gasteiger partial charge on any atom is -0.0620 e. The Morgan fingerprint density at radius 2 is 1.10 bits per heavy atom. The molecule has 0 aliphatic heterocycles. The van der Waals surface area contributed by atoms with E-state index in [9.17, 15) is 0 Å². The molecular formula is C21H16. The molecule has 21 heavy (non-hydrogen) atoms. The lowest BCUT2D eigenvalue weighted by atomic mass is 9.90.